The minimum absolute atomic E-state index is 0.182. The molecule has 1 aliphatic rings. The first kappa shape index (κ1) is 19.6. The van der Waals surface area contributed by atoms with Gasteiger partial charge in [-0.25, -0.2) is 9.59 Å². The van der Waals surface area contributed by atoms with Gasteiger partial charge in [-0.05, 0) is 30.5 Å². The van der Waals surface area contributed by atoms with Gasteiger partial charge in [0.2, 0.25) is 0 Å². The molecule has 0 bridgehead atoms. The van der Waals surface area contributed by atoms with Gasteiger partial charge in [-0.3, -0.25) is 18.9 Å². The molecule has 0 saturated carbocycles. The van der Waals surface area contributed by atoms with Crippen molar-refractivity contribution in [2.24, 2.45) is 20.0 Å². The molecule has 0 unspecified atom stereocenters. The van der Waals surface area contributed by atoms with Crippen molar-refractivity contribution in [1.29, 1.82) is 0 Å². The first-order chi connectivity index (χ1) is 13.2. The minimum Gasteiger partial charge on any atom is -0.462 e. The SMILES string of the molecule is CC1=C(C(=O)OCC(C)C)[C@H](c2ccncc2)c2c(n(C)c(=O)n(C)c2=O)N1. The largest absolute Gasteiger partial charge is 0.462 e. The number of hydrogen-bond donors (Lipinski definition) is 1. The molecule has 8 heteroatoms. The minimum atomic E-state index is -0.663. The van der Waals surface area contributed by atoms with E-state index in [-0.39, 0.29) is 12.5 Å². The average Bonchev–Trinajstić information content (AvgIpc) is 2.68. The Labute approximate surface area is 162 Å². The summed E-state index contributed by atoms with van der Waals surface area (Å²) < 4.78 is 7.90. The van der Waals surface area contributed by atoms with Crippen molar-refractivity contribution in [3.8, 4) is 0 Å². The highest BCUT2D eigenvalue weighted by Gasteiger charge is 2.37. The molecule has 0 fully saturated rings. The van der Waals surface area contributed by atoms with E-state index in [0.717, 1.165) is 10.1 Å². The molecule has 0 aromatic carbocycles. The molecular weight excluding hydrogens is 360 g/mol. The van der Waals surface area contributed by atoms with Crippen molar-refractivity contribution < 1.29 is 9.53 Å². The fraction of sp³-hybridized carbons (Fsp3) is 0.400. The topological polar surface area (TPSA) is 95.2 Å². The highest BCUT2D eigenvalue weighted by Crippen LogP contribution is 2.39. The van der Waals surface area contributed by atoms with Crippen molar-refractivity contribution in [1.82, 2.24) is 14.1 Å². The lowest BCUT2D eigenvalue weighted by Crippen LogP contribution is -2.43. The zero-order valence-electron chi connectivity index (χ0n) is 16.6. The second-order valence-corrected chi connectivity index (χ2v) is 7.34. The van der Waals surface area contributed by atoms with E-state index < -0.39 is 23.1 Å². The molecule has 1 aliphatic heterocycles. The van der Waals surface area contributed by atoms with E-state index in [1.54, 1.807) is 38.5 Å². The van der Waals surface area contributed by atoms with E-state index in [1.807, 2.05) is 13.8 Å². The Morgan fingerprint density at radius 2 is 1.86 bits per heavy atom. The molecule has 3 heterocycles. The fourth-order valence-corrected chi connectivity index (χ4v) is 3.37. The second-order valence-electron chi connectivity index (χ2n) is 7.34. The third kappa shape index (κ3) is 3.26. The van der Waals surface area contributed by atoms with Crippen molar-refractivity contribution >= 4 is 11.8 Å². The van der Waals surface area contributed by atoms with Gasteiger partial charge in [-0.2, -0.15) is 0 Å². The van der Waals surface area contributed by atoms with Gasteiger partial charge in [-0.15, -0.1) is 0 Å². The Balaban J connectivity index is 2.27. The first-order valence-electron chi connectivity index (χ1n) is 9.08. The van der Waals surface area contributed by atoms with Crippen molar-refractivity contribution in [2.75, 3.05) is 11.9 Å². The third-order valence-electron chi connectivity index (χ3n) is 4.79. The molecule has 148 valence electrons. The Morgan fingerprint density at radius 3 is 2.46 bits per heavy atom. The summed E-state index contributed by atoms with van der Waals surface area (Å²) in [6.07, 6.45) is 3.21. The monoisotopic (exact) mass is 384 g/mol. The van der Waals surface area contributed by atoms with Crippen molar-refractivity contribution in [3.05, 3.63) is 67.8 Å². The number of hydrogen-bond acceptors (Lipinski definition) is 6. The van der Waals surface area contributed by atoms with Crippen LogP contribution in [0.4, 0.5) is 5.82 Å². The molecule has 1 N–H and O–H groups in total. The molecule has 0 amide bonds. The molecule has 2 aromatic rings. The van der Waals surface area contributed by atoms with E-state index in [2.05, 4.69) is 10.3 Å². The molecule has 0 saturated heterocycles. The van der Waals surface area contributed by atoms with Crippen LogP contribution in [0.2, 0.25) is 0 Å². The van der Waals surface area contributed by atoms with Crippen LogP contribution in [0, 0.1) is 5.92 Å². The lowest BCUT2D eigenvalue weighted by molar-refractivity contribution is -0.140. The van der Waals surface area contributed by atoms with Crippen LogP contribution in [0.25, 0.3) is 0 Å². The number of carbonyl (C=O) groups excluding carboxylic acids is 1. The van der Waals surface area contributed by atoms with Crippen molar-refractivity contribution in [2.45, 2.75) is 26.7 Å². The standard InChI is InChI=1S/C20H24N4O4/c1-11(2)10-28-19(26)14-12(3)22-17-16(15(14)13-6-8-21-9-7-13)18(25)24(5)20(27)23(17)4/h6-9,11,15,22H,10H2,1-5H3/t15-/m0/s1. The normalized spacial score (nSPS) is 16.0. The van der Waals surface area contributed by atoms with Crippen LogP contribution in [0.5, 0.6) is 0 Å². The smallest absolute Gasteiger partial charge is 0.336 e. The zero-order chi connectivity index (χ0) is 20.6. The Hall–Kier alpha value is -3.16. The number of allylic oxidation sites excluding steroid dienone is 1. The number of nitrogens with zero attached hydrogens (tertiary/aromatic N) is 3. The van der Waals surface area contributed by atoms with Gasteiger partial charge < -0.3 is 10.1 Å². The maximum absolute atomic E-state index is 13.0. The number of rotatable bonds is 4. The van der Waals surface area contributed by atoms with E-state index in [1.165, 1.54) is 11.6 Å². The lowest BCUT2D eigenvalue weighted by atomic mass is 9.82. The number of ether oxygens (including phenoxy) is 1. The Kier molecular flexibility index (Phi) is 5.22. The fourth-order valence-electron chi connectivity index (χ4n) is 3.37. The summed E-state index contributed by atoms with van der Waals surface area (Å²) in [4.78, 5) is 42.4. The number of carbonyl (C=O) groups is 1. The number of fused-ring (bicyclic) bond motifs is 1. The molecular formula is C20H24N4O4. The number of anilines is 1. The van der Waals surface area contributed by atoms with Crippen LogP contribution < -0.4 is 16.6 Å². The summed E-state index contributed by atoms with van der Waals surface area (Å²) in [7, 11) is 3.02. The summed E-state index contributed by atoms with van der Waals surface area (Å²) in [6.45, 7) is 5.92. The number of aromatic nitrogens is 3. The van der Waals surface area contributed by atoms with Crippen LogP contribution in [-0.2, 0) is 23.6 Å². The summed E-state index contributed by atoms with van der Waals surface area (Å²) in [5, 5.41) is 3.07. The van der Waals surface area contributed by atoms with Crippen LogP contribution in [-0.4, -0.2) is 26.7 Å². The van der Waals surface area contributed by atoms with Gasteiger partial charge in [-0.1, -0.05) is 13.8 Å². The van der Waals surface area contributed by atoms with Gasteiger partial charge in [0.1, 0.15) is 5.82 Å². The van der Waals surface area contributed by atoms with E-state index in [0.29, 0.717) is 22.7 Å². The molecule has 2 aromatic heterocycles. The molecule has 1 atom stereocenters. The van der Waals surface area contributed by atoms with Gasteiger partial charge >= 0.3 is 11.7 Å². The van der Waals surface area contributed by atoms with Crippen LogP contribution >= 0.6 is 0 Å². The maximum atomic E-state index is 13.0. The summed E-state index contributed by atoms with van der Waals surface area (Å²) in [5.74, 6) is -0.582. The quantitative estimate of drug-likeness (QED) is 0.803. The average molecular weight is 384 g/mol. The molecule has 8 nitrogen and oxygen atoms in total. The van der Waals surface area contributed by atoms with Crippen LogP contribution in [0.1, 0.15) is 37.8 Å². The van der Waals surface area contributed by atoms with Gasteiger partial charge in [0.15, 0.2) is 0 Å². The van der Waals surface area contributed by atoms with Crippen LogP contribution in [0.3, 0.4) is 0 Å². The van der Waals surface area contributed by atoms with Gasteiger partial charge in [0.25, 0.3) is 5.56 Å². The number of esters is 1. The van der Waals surface area contributed by atoms with Gasteiger partial charge in [0.05, 0.1) is 23.7 Å². The molecule has 28 heavy (non-hydrogen) atoms. The maximum Gasteiger partial charge on any atom is 0.336 e. The summed E-state index contributed by atoms with van der Waals surface area (Å²) >= 11 is 0. The number of nitrogens with one attached hydrogen (secondary N) is 1. The van der Waals surface area contributed by atoms with Gasteiger partial charge in [0, 0.05) is 32.2 Å². The lowest BCUT2D eigenvalue weighted by Gasteiger charge is -2.30. The Bertz CT molecular complexity index is 1060. The second kappa shape index (κ2) is 7.46. The third-order valence-corrected chi connectivity index (χ3v) is 4.79. The van der Waals surface area contributed by atoms with Crippen molar-refractivity contribution in [3.63, 3.8) is 0 Å². The predicted octanol–water partition coefficient (Wildman–Crippen LogP) is 1.51. The summed E-state index contributed by atoms with van der Waals surface area (Å²) in [6, 6.07) is 3.51. The molecule has 0 spiro atoms. The van der Waals surface area contributed by atoms with E-state index in [4.69, 9.17) is 4.74 Å². The van der Waals surface area contributed by atoms with Crippen LogP contribution in [0.15, 0.2) is 45.4 Å². The predicted molar refractivity (Wildman–Crippen MR) is 105 cm³/mol. The van der Waals surface area contributed by atoms with E-state index >= 15 is 0 Å². The molecule has 0 radical (unpaired) electrons. The highest BCUT2D eigenvalue weighted by atomic mass is 16.5. The molecule has 0 aliphatic carbocycles. The molecule has 3 rings (SSSR count). The highest BCUT2D eigenvalue weighted by molar-refractivity contribution is 5.94. The van der Waals surface area contributed by atoms with E-state index in [9.17, 15) is 14.4 Å². The summed E-state index contributed by atoms with van der Waals surface area (Å²) in [5.41, 5.74) is 1.07. The number of pyridine rings is 1. The Morgan fingerprint density at radius 1 is 1.21 bits per heavy atom. The zero-order valence-corrected chi connectivity index (χ0v) is 16.6. The first-order valence-corrected chi connectivity index (χ1v) is 9.08.